The first-order valence-corrected chi connectivity index (χ1v) is 7.29. The topological polar surface area (TPSA) is 26.3 Å². The van der Waals surface area contributed by atoms with Crippen molar-refractivity contribution >= 4 is 29.2 Å². The highest BCUT2D eigenvalue weighted by Gasteiger charge is 2.43. The minimum absolute atomic E-state index is 0.0665. The zero-order valence-corrected chi connectivity index (χ0v) is 13.1. The highest BCUT2D eigenvalue weighted by Crippen LogP contribution is 2.28. The molecule has 0 N–H and O–H groups in total. The molecule has 2 nitrogen and oxygen atoms in total. The molecule has 0 bridgehead atoms. The zero-order valence-electron chi connectivity index (χ0n) is 11.6. The van der Waals surface area contributed by atoms with Gasteiger partial charge in [-0.15, -0.1) is 0 Å². The standard InChI is InChI=1S/C16H11Cl2F3O2/c17-11-6-7-12(13(18)9-11)15(22)23-14(16(19,20)21)8-10-4-2-1-3-5-10/h1-7,9,14H,8H2/t14-/m1/s1. The highest BCUT2D eigenvalue weighted by molar-refractivity contribution is 6.36. The summed E-state index contributed by atoms with van der Waals surface area (Å²) in [6.07, 6.45) is -7.42. The maximum atomic E-state index is 13.1. The molecule has 0 aliphatic carbocycles. The Kier molecular flexibility index (Phi) is 5.55. The van der Waals surface area contributed by atoms with Crippen molar-refractivity contribution in [3.63, 3.8) is 0 Å². The molecular formula is C16H11Cl2F3O2. The van der Waals surface area contributed by atoms with Crippen molar-refractivity contribution in [2.45, 2.75) is 18.7 Å². The third kappa shape index (κ3) is 4.88. The van der Waals surface area contributed by atoms with E-state index in [1.165, 1.54) is 30.3 Å². The lowest BCUT2D eigenvalue weighted by Crippen LogP contribution is -2.35. The summed E-state index contributed by atoms with van der Waals surface area (Å²) in [5, 5.41) is 0.200. The molecule has 0 aliphatic heterocycles. The molecule has 2 aromatic rings. The second-order valence-electron chi connectivity index (χ2n) is 4.75. The van der Waals surface area contributed by atoms with Crippen LogP contribution >= 0.6 is 23.2 Å². The third-order valence-electron chi connectivity index (χ3n) is 3.03. The molecule has 0 heterocycles. The first kappa shape index (κ1) is 17.6. The molecule has 0 aliphatic rings. The molecule has 0 fully saturated rings. The van der Waals surface area contributed by atoms with Crippen LogP contribution in [0.4, 0.5) is 13.2 Å². The van der Waals surface area contributed by atoms with Crippen LogP contribution in [0.5, 0.6) is 0 Å². The number of hydrogen-bond acceptors (Lipinski definition) is 2. The van der Waals surface area contributed by atoms with E-state index in [1.54, 1.807) is 18.2 Å². The lowest BCUT2D eigenvalue weighted by molar-refractivity contribution is -0.203. The molecule has 0 saturated heterocycles. The van der Waals surface area contributed by atoms with Crippen LogP contribution in [0.15, 0.2) is 48.5 Å². The lowest BCUT2D eigenvalue weighted by atomic mass is 10.1. The largest absolute Gasteiger partial charge is 0.449 e. The summed E-state index contributed by atoms with van der Waals surface area (Å²) in [7, 11) is 0. The Hall–Kier alpha value is -1.72. The average molecular weight is 363 g/mol. The van der Waals surface area contributed by atoms with E-state index < -0.39 is 24.7 Å². The van der Waals surface area contributed by atoms with Gasteiger partial charge in [-0.1, -0.05) is 53.5 Å². The van der Waals surface area contributed by atoms with Gasteiger partial charge in [0.1, 0.15) is 0 Å². The third-order valence-corrected chi connectivity index (χ3v) is 3.58. The molecule has 122 valence electrons. The van der Waals surface area contributed by atoms with E-state index in [4.69, 9.17) is 23.2 Å². The quantitative estimate of drug-likeness (QED) is 0.687. The molecular weight excluding hydrogens is 352 g/mol. The average Bonchev–Trinajstić information content (AvgIpc) is 2.46. The molecule has 2 aromatic carbocycles. The van der Waals surface area contributed by atoms with Crippen LogP contribution in [-0.4, -0.2) is 18.2 Å². The maximum Gasteiger partial charge on any atom is 0.425 e. The number of carbonyl (C=O) groups is 1. The molecule has 7 heteroatoms. The van der Waals surface area contributed by atoms with E-state index in [-0.39, 0.29) is 15.6 Å². The normalized spacial score (nSPS) is 12.7. The van der Waals surface area contributed by atoms with Gasteiger partial charge in [-0.3, -0.25) is 0 Å². The number of ether oxygens (including phenoxy) is 1. The van der Waals surface area contributed by atoms with Crippen LogP contribution in [-0.2, 0) is 11.2 Å². The van der Waals surface area contributed by atoms with Crippen LogP contribution in [0.2, 0.25) is 10.0 Å². The van der Waals surface area contributed by atoms with Crippen molar-refractivity contribution in [1.82, 2.24) is 0 Å². The van der Waals surface area contributed by atoms with Crippen LogP contribution in [0.1, 0.15) is 15.9 Å². The summed E-state index contributed by atoms with van der Waals surface area (Å²) in [6, 6.07) is 11.8. The summed E-state index contributed by atoms with van der Waals surface area (Å²) < 4.78 is 44.0. The van der Waals surface area contributed by atoms with E-state index in [0.29, 0.717) is 5.56 Å². The molecule has 0 radical (unpaired) electrons. The summed E-state index contributed by atoms with van der Waals surface area (Å²) in [6.45, 7) is 0. The molecule has 0 saturated carbocycles. The number of alkyl halides is 3. The fraction of sp³-hybridized carbons (Fsp3) is 0.188. The Bertz CT molecular complexity index is 687. The van der Waals surface area contributed by atoms with Gasteiger partial charge in [0.2, 0.25) is 6.10 Å². The monoisotopic (exact) mass is 362 g/mol. The summed E-state index contributed by atoms with van der Waals surface area (Å²) in [5.74, 6) is -1.15. The van der Waals surface area contributed by atoms with Gasteiger partial charge >= 0.3 is 12.1 Å². The smallest absolute Gasteiger partial charge is 0.425 e. The summed E-state index contributed by atoms with van der Waals surface area (Å²) in [5.41, 5.74) is 0.239. The van der Waals surface area contributed by atoms with Crippen LogP contribution < -0.4 is 0 Å². The maximum absolute atomic E-state index is 13.1. The van der Waals surface area contributed by atoms with E-state index in [2.05, 4.69) is 4.74 Å². The zero-order chi connectivity index (χ0) is 17.0. The fourth-order valence-electron chi connectivity index (χ4n) is 1.90. The van der Waals surface area contributed by atoms with Gasteiger partial charge in [-0.2, -0.15) is 13.2 Å². The molecule has 0 spiro atoms. The fourth-order valence-corrected chi connectivity index (χ4v) is 2.39. The van der Waals surface area contributed by atoms with Crippen molar-refractivity contribution in [1.29, 1.82) is 0 Å². The number of carbonyl (C=O) groups excluding carboxylic acids is 1. The van der Waals surface area contributed by atoms with Crippen molar-refractivity contribution in [3.8, 4) is 0 Å². The van der Waals surface area contributed by atoms with Gasteiger partial charge < -0.3 is 4.74 Å². The van der Waals surface area contributed by atoms with E-state index >= 15 is 0 Å². The second-order valence-corrected chi connectivity index (χ2v) is 5.59. The molecule has 23 heavy (non-hydrogen) atoms. The Morgan fingerprint density at radius 1 is 1.09 bits per heavy atom. The number of rotatable bonds is 4. The van der Waals surface area contributed by atoms with Gasteiger partial charge in [0.25, 0.3) is 0 Å². The Morgan fingerprint density at radius 3 is 2.30 bits per heavy atom. The van der Waals surface area contributed by atoms with E-state index in [1.807, 2.05) is 0 Å². The van der Waals surface area contributed by atoms with E-state index in [9.17, 15) is 18.0 Å². The van der Waals surface area contributed by atoms with Gasteiger partial charge in [0.15, 0.2) is 0 Å². The van der Waals surface area contributed by atoms with Gasteiger partial charge in [-0.25, -0.2) is 4.79 Å². The van der Waals surface area contributed by atoms with Crippen LogP contribution in [0.25, 0.3) is 0 Å². The Balaban J connectivity index is 2.19. The van der Waals surface area contributed by atoms with Gasteiger partial charge in [0, 0.05) is 11.4 Å². The number of benzene rings is 2. The highest BCUT2D eigenvalue weighted by atomic mass is 35.5. The molecule has 0 aromatic heterocycles. The first-order chi connectivity index (χ1) is 10.8. The molecule has 2 rings (SSSR count). The van der Waals surface area contributed by atoms with Crippen LogP contribution in [0.3, 0.4) is 0 Å². The lowest BCUT2D eigenvalue weighted by Gasteiger charge is -2.21. The Labute approximate surface area is 140 Å². The van der Waals surface area contributed by atoms with Crippen molar-refractivity contribution in [3.05, 3.63) is 69.7 Å². The van der Waals surface area contributed by atoms with Gasteiger partial charge in [-0.05, 0) is 23.8 Å². The van der Waals surface area contributed by atoms with E-state index in [0.717, 1.165) is 0 Å². The first-order valence-electron chi connectivity index (χ1n) is 6.54. The Morgan fingerprint density at radius 2 is 1.74 bits per heavy atom. The number of esters is 1. The van der Waals surface area contributed by atoms with Gasteiger partial charge in [0.05, 0.1) is 10.6 Å². The minimum Gasteiger partial charge on any atom is -0.449 e. The minimum atomic E-state index is -4.69. The van der Waals surface area contributed by atoms with Crippen molar-refractivity contribution < 1.29 is 22.7 Å². The predicted molar refractivity (Wildman–Crippen MR) is 81.9 cm³/mol. The SMILES string of the molecule is O=C(O[C@H](Cc1ccccc1)C(F)(F)F)c1ccc(Cl)cc1Cl. The second kappa shape index (κ2) is 7.23. The summed E-state index contributed by atoms with van der Waals surface area (Å²) >= 11 is 11.5. The van der Waals surface area contributed by atoms with Crippen LogP contribution in [0, 0.1) is 0 Å². The van der Waals surface area contributed by atoms with Crippen molar-refractivity contribution in [2.75, 3.05) is 0 Å². The molecule has 1 atom stereocenters. The van der Waals surface area contributed by atoms with Crippen molar-refractivity contribution in [2.24, 2.45) is 0 Å². The molecule has 0 unspecified atom stereocenters. The number of hydrogen-bond donors (Lipinski definition) is 0. The molecule has 0 amide bonds. The summed E-state index contributed by atoms with van der Waals surface area (Å²) in [4.78, 5) is 12.0. The number of halogens is 5. The predicted octanol–water partition coefficient (Wildman–Crippen LogP) is 5.32.